The summed E-state index contributed by atoms with van der Waals surface area (Å²) in [5.41, 5.74) is 3.62. The van der Waals surface area contributed by atoms with Crippen LogP contribution in [0.4, 0.5) is 5.82 Å². The fourth-order valence-corrected chi connectivity index (χ4v) is 5.18. The highest BCUT2D eigenvalue weighted by Crippen LogP contribution is 2.37. The van der Waals surface area contributed by atoms with Crippen LogP contribution in [-0.2, 0) is 4.74 Å². The molecule has 6 rings (SSSR count). The molecule has 1 aliphatic rings. The van der Waals surface area contributed by atoms with Crippen molar-refractivity contribution < 1.29 is 14.3 Å². The summed E-state index contributed by atoms with van der Waals surface area (Å²) in [4.78, 5) is 27.8. The van der Waals surface area contributed by atoms with E-state index in [9.17, 15) is 4.79 Å². The van der Waals surface area contributed by atoms with Gasteiger partial charge in [0.05, 0.1) is 12.2 Å². The molecule has 7 nitrogen and oxygen atoms in total. The number of pyridine rings is 2. The third kappa shape index (κ3) is 5.41. The fraction of sp³-hybridized carbons (Fsp3) is 0.242. The first-order chi connectivity index (χ1) is 19.3. The van der Waals surface area contributed by atoms with Crippen LogP contribution in [0, 0.1) is 0 Å². The van der Waals surface area contributed by atoms with Gasteiger partial charge in [-0.1, -0.05) is 36.4 Å². The molecule has 0 amide bonds. The Bertz CT molecular complexity index is 1640. The molecule has 1 N–H and O–H groups in total. The first kappa shape index (κ1) is 25.6. The summed E-state index contributed by atoms with van der Waals surface area (Å²) < 4.78 is 11.9. The number of hydrogen-bond acceptors (Lipinski definition) is 6. The number of rotatable bonds is 6. The molecule has 2 aromatic carbocycles. The van der Waals surface area contributed by atoms with Gasteiger partial charge in [-0.2, -0.15) is 0 Å². The van der Waals surface area contributed by atoms with Crippen molar-refractivity contribution in [3.05, 3.63) is 103 Å². The number of carbonyl (C=O) groups is 1. The SMILES string of the molecule is CC(C)(C)OC(=O)c1ccc(-c2ccc(N3CCCC3c3ccccc3)nc2)cc1Oc1cnc2[nH]ccc2c1. The smallest absolute Gasteiger partial charge is 0.342 e. The molecular weight excluding hydrogens is 500 g/mol. The van der Waals surface area contributed by atoms with Crippen LogP contribution in [0.3, 0.4) is 0 Å². The standard InChI is InChI=1S/C33H32N4O3/c1-33(2,3)40-32(38)27-13-11-23(19-29(27)39-26-18-24-15-16-34-31(24)36-21-26)25-12-14-30(35-20-25)37-17-7-10-28(37)22-8-5-4-6-9-22/h4-6,8-9,11-16,18-21,28H,7,10,17H2,1-3H3,(H,34,36). The van der Waals surface area contributed by atoms with Gasteiger partial charge in [-0.3, -0.25) is 0 Å². The topological polar surface area (TPSA) is 80.3 Å². The Labute approximate surface area is 233 Å². The molecule has 0 bridgehead atoms. The summed E-state index contributed by atoms with van der Waals surface area (Å²) in [6, 6.07) is 24.4. The van der Waals surface area contributed by atoms with E-state index >= 15 is 0 Å². The number of anilines is 1. The summed E-state index contributed by atoms with van der Waals surface area (Å²) in [7, 11) is 0. The average molecular weight is 533 g/mol. The van der Waals surface area contributed by atoms with Gasteiger partial charge in [0.2, 0.25) is 0 Å². The second-order valence-electron chi connectivity index (χ2n) is 11.1. The average Bonchev–Trinajstić information content (AvgIpc) is 3.62. The van der Waals surface area contributed by atoms with Crippen LogP contribution >= 0.6 is 0 Å². The van der Waals surface area contributed by atoms with Gasteiger partial charge in [0.1, 0.15) is 34.1 Å². The van der Waals surface area contributed by atoms with E-state index in [4.69, 9.17) is 14.5 Å². The number of esters is 1. The van der Waals surface area contributed by atoms with Crippen molar-refractivity contribution in [3.8, 4) is 22.6 Å². The summed E-state index contributed by atoms with van der Waals surface area (Å²) in [6.45, 7) is 6.52. The second-order valence-corrected chi connectivity index (χ2v) is 11.1. The summed E-state index contributed by atoms with van der Waals surface area (Å²) in [5, 5.41) is 0.919. The van der Waals surface area contributed by atoms with Gasteiger partial charge < -0.3 is 19.4 Å². The second kappa shape index (κ2) is 10.5. The van der Waals surface area contributed by atoms with Crippen molar-refractivity contribution in [3.63, 3.8) is 0 Å². The number of ether oxygens (including phenoxy) is 2. The van der Waals surface area contributed by atoms with Crippen molar-refractivity contribution >= 4 is 22.8 Å². The number of benzene rings is 2. The summed E-state index contributed by atoms with van der Waals surface area (Å²) >= 11 is 0. The molecule has 5 aromatic rings. The monoisotopic (exact) mass is 532 g/mol. The molecule has 1 unspecified atom stereocenters. The lowest BCUT2D eigenvalue weighted by molar-refractivity contribution is 0.00672. The number of aromatic nitrogens is 3. The maximum atomic E-state index is 13.1. The molecule has 7 heteroatoms. The van der Waals surface area contributed by atoms with E-state index < -0.39 is 11.6 Å². The zero-order valence-electron chi connectivity index (χ0n) is 22.9. The minimum Gasteiger partial charge on any atom is -0.456 e. The van der Waals surface area contributed by atoms with E-state index in [-0.39, 0.29) is 0 Å². The van der Waals surface area contributed by atoms with E-state index in [1.54, 1.807) is 12.3 Å². The highest BCUT2D eigenvalue weighted by molar-refractivity contribution is 5.94. The first-order valence-electron chi connectivity index (χ1n) is 13.6. The fourth-order valence-electron chi connectivity index (χ4n) is 5.18. The molecule has 4 heterocycles. The Morgan fingerprint density at radius 3 is 2.55 bits per heavy atom. The minimum atomic E-state index is -0.633. The van der Waals surface area contributed by atoms with Gasteiger partial charge in [-0.15, -0.1) is 0 Å². The van der Waals surface area contributed by atoms with Crippen LogP contribution in [0.25, 0.3) is 22.2 Å². The highest BCUT2D eigenvalue weighted by Gasteiger charge is 2.27. The van der Waals surface area contributed by atoms with Crippen LogP contribution in [-0.4, -0.2) is 33.1 Å². The van der Waals surface area contributed by atoms with Crippen LogP contribution < -0.4 is 9.64 Å². The number of carbonyl (C=O) groups excluding carboxylic acids is 1. The molecule has 0 saturated carbocycles. The van der Waals surface area contributed by atoms with Crippen LogP contribution in [0.5, 0.6) is 11.5 Å². The maximum Gasteiger partial charge on any atom is 0.342 e. The van der Waals surface area contributed by atoms with Crippen molar-refractivity contribution in [2.75, 3.05) is 11.4 Å². The molecule has 3 aromatic heterocycles. The third-order valence-corrected chi connectivity index (χ3v) is 7.02. The van der Waals surface area contributed by atoms with Gasteiger partial charge in [-0.05, 0) is 81.1 Å². The minimum absolute atomic E-state index is 0.332. The Morgan fingerprint density at radius 2 is 1.77 bits per heavy atom. The van der Waals surface area contributed by atoms with E-state index in [2.05, 4.69) is 57.3 Å². The van der Waals surface area contributed by atoms with Gasteiger partial charge in [-0.25, -0.2) is 14.8 Å². The largest absolute Gasteiger partial charge is 0.456 e. The molecule has 1 fully saturated rings. The Hall–Kier alpha value is -4.65. The van der Waals surface area contributed by atoms with Gasteiger partial charge in [0, 0.05) is 29.9 Å². The zero-order chi connectivity index (χ0) is 27.7. The van der Waals surface area contributed by atoms with Crippen molar-refractivity contribution in [2.45, 2.75) is 45.3 Å². The normalized spacial score (nSPS) is 15.4. The van der Waals surface area contributed by atoms with Gasteiger partial charge in [0.25, 0.3) is 0 Å². The third-order valence-electron chi connectivity index (χ3n) is 7.02. The van der Waals surface area contributed by atoms with Crippen LogP contribution in [0.15, 0.2) is 91.4 Å². The molecule has 0 radical (unpaired) electrons. The molecular formula is C33H32N4O3. The highest BCUT2D eigenvalue weighted by atomic mass is 16.6. The lowest BCUT2D eigenvalue weighted by Crippen LogP contribution is -2.24. The molecule has 0 aliphatic carbocycles. The van der Waals surface area contributed by atoms with E-state index in [1.165, 1.54) is 5.56 Å². The predicted octanol–water partition coefficient (Wildman–Crippen LogP) is 7.71. The van der Waals surface area contributed by atoms with Crippen molar-refractivity contribution in [2.24, 2.45) is 0 Å². The lowest BCUT2D eigenvalue weighted by Gasteiger charge is -2.26. The Morgan fingerprint density at radius 1 is 0.950 bits per heavy atom. The predicted molar refractivity (Wildman–Crippen MR) is 157 cm³/mol. The molecule has 40 heavy (non-hydrogen) atoms. The number of H-pyrrole nitrogens is 1. The van der Waals surface area contributed by atoms with E-state index in [0.717, 1.165) is 47.4 Å². The lowest BCUT2D eigenvalue weighted by atomic mass is 10.0. The Kier molecular flexibility index (Phi) is 6.72. The van der Waals surface area contributed by atoms with Crippen LogP contribution in [0.2, 0.25) is 0 Å². The first-order valence-corrected chi connectivity index (χ1v) is 13.6. The number of aromatic amines is 1. The number of nitrogens with zero attached hydrogens (tertiary/aromatic N) is 3. The quantitative estimate of drug-likeness (QED) is 0.226. The van der Waals surface area contributed by atoms with E-state index in [1.807, 2.05) is 57.4 Å². The van der Waals surface area contributed by atoms with Crippen molar-refractivity contribution in [1.82, 2.24) is 15.0 Å². The van der Waals surface area contributed by atoms with Crippen molar-refractivity contribution in [1.29, 1.82) is 0 Å². The Balaban J connectivity index is 1.30. The number of hydrogen-bond donors (Lipinski definition) is 1. The zero-order valence-corrected chi connectivity index (χ0v) is 22.9. The van der Waals surface area contributed by atoms with E-state index in [0.29, 0.717) is 23.1 Å². The molecule has 1 atom stereocenters. The summed E-state index contributed by atoms with van der Waals surface area (Å²) in [6.07, 6.45) is 7.60. The van der Waals surface area contributed by atoms with Gasteiger partial charge in [0.15, 0.2) is 0 Å². The summed E-state index contributed by atoms with van der Waals surface area (Å²) in [5.74, 6) is 1.45. The van der Waals surface area contributed by atoms with Gasteiger partial charge >= 0.3 is 5.97 Å². The maximum absolute atomic E-state index is 13.1. The van der Waals surface area contributed by atoms with Crippen LogP contribution in [0.1, 0.15) is 55.6 Å². The molecule has 1 aliphatic heterocycles. The number of fused-ring (bicyclic) bond motifs is 1. The molecule has 0 spiro atoms. The molecule has 1 saturated heterocycles. The number of nitrogens with one attached hydrogen (secondary N) is 1. The molecule has 202 valence electrons.